The average Bonchev–Trinajstić information content (AvgIpc) is 3.92. The molecule has 12 N–H and O–H groups in total. The molecule has 14 heteroatoms. The highest BCUT2D eigenvalue weighted by Crippen LogP contribution is 2.21. The third kappa shape index (κ3) is 25.8. The molecule has 2 aromatic heterocycles. The van der Waals surface area contributed by atoms with E-state index in [1.165, 1.54) is 64.2 Å². The number of nitrogens with two attached hydrogens (primary N) is 2. The van der Waals surface area contributed by atoms with E-state index in [2.05, 4.69) is 45.1 Å². The number of fused-ring (bicyclic) bond motifs is 2. The van der Waals surface area contributed by atoms with Gasteiger partial charge in [-0.2, -0.15) is 0 Å². The largest absolute Gasteiger partial charge is 0.480 e. The fourth-order valence-electron chi connectivity index (χ4n) is 7.66. The quantitative estimate of drug-likeness (QED) is 0.0197. The van der Waals surface area contributed by atoms with E-state index < -0.39 is 24.0 Å². The summed E-state index contributed by atoms with van der Waals surface area (Å²) in [5, 5.41) is 33.0. The topological polar surface area (TPSA) is 240 Å². The minimum absolute atomic E-state index is 0.175. The number of aromatic amines is 2. The lowest BCUT2D eigenvalue weighted by molar-refractivity contribution is -0.142. The number of aliphatic carboxylic acids is 2. The van der Waals surface area contributed by atoms with Gasteiger partial charge < -0.3 is 52.9 Å². The Labute approximate surface area is 395 Å². The number of rotatable bonds is 35. The van der Waals surface area contributed by atoms with Gasteiger partial charge in [-0.3, -0.25) is 9.59 Å². The zero-order chi connectivity index (χ0) is 48.0. The highest BCUT2D eigenvalue weighted by molar-refractivity contribution is 5.88. The predicted octanol–water partition coefficient (Wildman–Crippen LogP) is 8.48. The zero-order valence-corrected chi connectivity index (χ0v) is 40.4. The van der Waals surface area contributed by atoms with Gasteiger partial charge >= 0.3 is 11.9 Å². The van der Waals surface area contributed by atoms with Crippen molar-refractivity contribution in [3.05, 3.63) is 72.1 Å². The van der Waals surface area contributed by atoms with Crippen molar-refractivity contribution in [2.24, 2.45) is 11.5 Å². The maximum absolute atomic E-state index is 12.1. The minimum atomic E-state index is -0.997. The Hall–Kier alpha value is -4.76. The number of aromatic nitrogens is 2. The van der Waals surface area contributed by atoms with Crippen molar-refractivity contribution in [1.29, 1.82) is 0 Å². The number of hydrogen-bond acceptors (Lipinski definition) is 8. The van der Waals surface area contributed by atoms with E-state index in [0.717, 1.165) is 124 Å². The van der Waals surface area contributed by atoms with Gasteiger partial charge in [0.25, 0.3) is 0 Å². The highest BCUT2D eigenvalue weighted by atomic mass is 16.4. The van der Waals surface area contributed by atoms with Crippen LogP contribution in [0.5, 0.6) is 0 Å². The molecule has 4 rings (SSSR count). The molecule has 0 aliphatic heterocycles. The molecule has 2 heterocycles. The van der Waals surface area contributed by atoms with E-state index in [1.54, 1.807) is 0 Å². The Bertz CT molecular complexity index is 1750. The number of para-hydroxylation sites is 2. The number of carbonyl (C=O) groups is 4. The third-order valence-electron chi connectivity index (χ3n) is 11.6. The Morgan fingerprint density at radius 3 is 1.21 bits per heavy atom. The Balaban J connectivity index is 0.000000357. The molecule has 0 saturated heterocycles. The fourth-order valence-corrected chi connectivity index (χ4v) is 7.66. The number of carboxylic acids is 2. The Morgan fingerprint density at radius 2 is 0.848 bits per heavy atom. The van der Waals surface area contributed by atoms with Gasteiger partial charge in [0, 0.05) is 59.9 Å². The van der Waals surface area contributed by atoms with Crippen LogP contribution in [0, 0.1) is 0 Å². The summed E-state index contributed by atoms with van der Waals surface area (Å²) in [7, 11) is 0. The number of benzene rings is 2. The number of H-pyrrole nitrogens is 2. The summed E-state index contributed by atoms with van der Waals surface area (Å²) in [4.78, 5) is 53.6. The van der Waals surface area contributed by atoms with E-state index in [0.29, 0.717) is 12.8 Å². The summed E-state index contributed by atoms with van der Waals surface area (Å²) >= 11 is 0. The third-order valence-corrected chi connectivity index (χ3v) is 11.6. The molecule has 2 atom stereocenters. The molecule has 4 aromatic rings. The molecule has 14 nitrogen and oxygen atoms in total. The van der Waals surface area contributed by atoms with Crippen LogP contribution in [-0.2, 0) is 32.0 Å². The van der Waals surface area contributed by atoms with Crippen LogP contribution in [-0.4, -0.2) is 95.3 Å². The fraction of sp³-hybridized carbons (Fsp3) is 0.615. The standard InChI is InChI=1S/2C21H30N2O3.C10H26N4/c2*1-2-3-4-5-6-7-8-13-20(24)23-19(21(25)26)14-16-15-22-18-12-10-9-11-17(16)18;11-5-3-9-13-7-1-2-8-14-10-4-6-12/h2*9-12,15,19,22H,2-8,13-14H2,1H3,(H,23,24)(H,25,26);13-14H,1-12H2/t2*19-;/m00./s1. The first-order valence-corrected chi connectivity index (χ1v) is 25.1. The lowest BCUT2D eigenvalue weighted by atomic mass is 10.0. The smallest absolute Gasteiger partial charge is 0.326 e. The molecule has 2 amide bonds. The molecule has 0 saturated carbocycles. The van der Waals surface area contributed by atoms with Gasteiger partial charge in [0.2, 0.25) is 11.8 Å². The number of nitrogens with one attached hydrogen (secondary N) is 6. The average molecular weight is 919 g/mol. The molecular formula is C52H86N8O6. The summed E-state index contributed by atoms with van der Waals surface area (Å²) in [5.74, 6) is -2.34. The van der Waals surface area contributed by atoms with Crippen molar-refractivity contribution in [3.8, 4) is 0 Å². The zero-order valence-electron chi connectivity index (χ0n) is 40.4. The van der Waals surface area contributed by atoms with Gasteiger partial charge in [0.1, 0.15) is 12.1 Å². The first-order chi connectivity index (χ1) is 32.1. The first kappa shape index (κ1) is 57.4. The second kappa shape index (κ2) is 37.3. The van der Waals surface area contributed by atoms with Gasteiger partial charge in [0.15, 0.2) is 0 Å². The number of carboxylic acid groups (broad SMARTS) is 2. The van der Waals surface area contributed by atoms with Crippen molar-refractivity contribution in [2.45, 2.75) is 167 Å². The number of unbranched alkanes of at least 4 members (excludes halogenated alkanes) is 13. The number of carbonyl (C=O) groups excluding carboxylic acids is 2. The van der Waals surface area contributed by atoms with Crippen LogP contribution >= 0.6 is 0 Å². The van der Waals surface area contributed by atoms with Gasteiger partial charge in [-0.15, -0.1) is 0 Å². The molecule has 0 aliphatic carbocycles. The monoisotopic (exact) mass is 919 g/mol. The molecule has 0 aliphatic rings. The van der Waals surface area contributed by atoms with E-state index in [1.807, 2.05) is 60.9 Å². The Kier molecular flexibility index (Phi) is 32.5. The lowest BCUT2D eigenvalue weighted by Crippen LogP contribution is -2.42. The van der Waals surface area contributed by atoms with Crippen LogP contribution in [0.15, 0.2) is 60.9 Å². The molecule has 2 aromatic carbocycles. The SMILES string of the molecule is CCCCCCCCCC(=O)N[C@@H](Cc1c[nH]c2ccccc12)C(=O)O.CCCCCCCCCC(=O)N[C@@H](Cc1c[nH]c2ccccc12)C(=O)O.NCCCNCCCCNCCCN. The molecule has 0 bridgehead atoms. The summed E-state index contributed by atoms with van der Waals surface area (Å²) in [6.07, 6.45) is 25.6. The van der Waals surface area contributed by atoms with Crippen LogP contribution < -0.4 is 32.7 Å². The minimum Gasteiger partial charge on any atom is -0.480 e. The predicted molar refractivity (Wildman–Crippen MR) is 271 cm³/mol. The van der Waals surface area contributed by atoms with E-state index in [9.17, 15) is 29.4 Å². The van der Waals surface area contributed by atoms with Gasteiger partial charge in [0.05, 0.1) is 0 Å². The number of hydrogen-bond donors (Lipinski definition) is 10. The maximum atomic E-state index is 12.1. The Morgan fingerprint density at radius 1 is 0.500 bits per heavy atom. The molecule has 0 unspecified atom stereocenters. The molecule has 370 valence electrons. The van der Waals surface area contributed by atoms with Crippen molar-refractivity contribution >= 4 is 45.6 Å². The van der Waals surface area contributed by atoms with Crippen LogP contribution in [0.25, 0.3) is 21.8 Å². The molecule has 66 heavy (non-hydrogen) atoms. The lowest BCUT2D eigenvalue weighted by Gasteiger charge is -2.14. The summed E-state index contributed by atoms with van der Waals surface area (Å²) in [5.41, 5.74) is 14.5. The van der Waals surface area contributed by atoms with Gasteiger partial charge in [-0.05, 0) is 101 Å². The molecular weight excluding hydrogens is 833 g/mol. The summed E-state index contributed by atoms with van der Waals surface area (Å²) in [6, 6.07) is 13.7. The van der Waals surface area contributed by atoms with Crippen molar-refractivity contribution < 1.29 is 29.4 Å². The van der Waals surface area contributed by atoms with Crippen molar-refractivity contribution in [1.82, 2.24) is 31.2 Å². The second-order valence-corrected chi connectivity index (χ2v) is 17.3. The van der Waals surface area contributed by atoms with Crippen LogP contribution in [0.3, 0.4) is 0 Å². The van der Waals surface area contributed by atoms with Crippen molar-refractivity contribution in [2.75, 3.05) is 39.3 Å². The molecule has 0 fully saturated rings. The van der Waals surface area contributed by atoms with Crippen LogP contribution in [0.1, 0.15) is 153 Å². The first-order valence-electron chi connectivity index (χ1n) is 25.1. The van der Waals surface area contributed by atoms with Crippen molar-refractivity contribution in [3.63, 3.8) is 0 Å². The van der Waals surface area contributed by atoms with E-state index in [4.69, 9.17) is 11.5 Å². The summed E-state index contributed by atoms with van der Waals surface area (Å²) in [6.45, 7) is 10.3. The second-order valence-electron chi connectivity index (χ2n) is 17.3. The van der Waals surface area contributed by atoms with E-state index >= 15 is 0 Å². The van der Waals surface area contributed by atoms with E-state index in [-0.39, 0.29) is 24.7 Å². The van der Waals surface area contributed by atoms with Gasteiger partial charge in [-0.1, -0.05) is 127 Å². The molecule has 0 radical (unpaired) electrons. The molecule has 0 spiro atoms. The maximum Gasteiger partial charge on any atom is 0.326 e. The van der Waals surface area contributed by atoms with Gasteiger partial charge in [-0.25, -0.2) is 9.59 Å². The number of amides is 2. The van der Waals surface area contributed by atoms with Crippen LogP contribution in [0.4, 0.5) is 0 Å². The normalized spacial score (nSPS) is 11.9. The summed E-state index contributed by atoms with van der Waals surface area (Å²) < 4.78 is 0. The highest BCUT2D eigenvalue weighted by Gasteiger charge is 2.23. The van der Waals surface area contributed by atoms with Crippen LogP contribution in [0.2, 0.25) is 0 Å².